The molecule has 0 heterocycles. The Hall–Kier alpha value is -1.85. The minimum absolute atomic E-state index is 0.266. The van der Waals surface area contributed by atoms with Gasteiger partial charge in [-0.05, 0) is 74.4 Å². The van der Waals surface area contributed by atoms with Crippen LogP contribution in [-0.2, 0) is 9.84 Å². The van der Waals surface area contributed by atoms with Gasteiger partial charge < -0.3 is 10.1 Å². The summed E-state index contributed by atoms with van der Waals surface area (Å²) in [5.74, 6) is 1.40. The fourth-order valence-corrected chi connectivity index (χ4v) is 4.54. The molecule has 146 valence electrons. The van der Waals surface area contributed by atoms with E-state index >= 15 is 0 Å². The van der Waals surface area contributed by atoms with Gasteiger partial charge in [0, 0.05) is 18.3 Å². The minimum Gasteiger partial charge on any atom is -0.494 e. The van der Waals surface area contributed by atoms with Crippen LogP contribution >= 0.6 is 0 Å². The maximum Gasteiger partial charge on any atom is 0.175 e. The molecule has 1 aliphatic carbocycles. The van der Waals surface area contributed by atoms with Gasteiger partial charge in [0.05, 0.1) is 11.5 Å². The van der Waals surface area contributed by atoms with E-state index in [1.54, 1.807) is 12.1 Å². The standard InChI is InChI=1S/C22H29NO3S/c1-4-26-21-7-5-6-18(15-21)16(2)23-20-11-8-19(14-20)17-9-12-22(13-10-17)27(3,24)25/h5-7,9-10,12-13,15-16,19-20,23H,4,8,11,14H2,1-3H3/t16-,19+,20?/m1/s1. The number of benzene rings is 2. The van der Waals surface area contributed by atoms with Gasteiger partial charge in [-0.2, -0.15) is 0 Å². The van der Waals surface area contributed by atoms with Crippen molar-refractivity contribution in [2.24, 2.45) is 0 Å². The molecule has 0 aromatic heterocycles. The maximum atomic E-state index is 11.6. The summed E-state index contributed by atoms with van der Waals surface area (Å²) in [4.78, 5) is 0.390. The normalized spacial score (nSPS) is 21.1. The zero-order valence-electron chi connectivity index (χ0n) is 16.3. The highest BCUT2D eigenvalue weighted by Gasteiger charge is 2.27. The molecule has 3 rings (SSSR count). The maximum absolute atomic E-state index is 11.6. The quantitative estimate of drug-likeness (QED) is 0.761. The first kappa shape index (κ1) is 19.9. The van der Waals surface area contributed by atoms with Crippen LogP contribution in [0.4, 0.5) is 0 Å². The van der Waals surface area contributed by atoms with Gasteiger partial charge in [-0.3, -0.25) is 0 Å². The van der Waals surface area contributed by atoms with Crippen LogP contribution < -0.4 is 10.1 Å². The molecule has 0 radical (unpaired) electrons. The highest BCUT2D eigenvalue weighted by molar-refractivity contribution is 7.90. The summed E-state index contributed by atoms with van der Waals surface area (Å²) in [6.45, 7) is 4.86. The van der Waals surface area contributed by atoms with Gasteiger partial charge in [-0.15, -0.1) is 0 Å². The predicted molar refractivity (Wildman–Crippen MR) is 109 cm³/mol. The van der Waals surface area contributed by atoms with Crippen LogP contribution in [0.15, 0.2) is 53.4 Å². The Bertz CT molecular complexity index is 861. The summed E-state index contributed by atoms with van der Waals surface area (Å²) in [5.41, 5.74) is 2.47. The van der Waals surface area contributed by atoms with Crippen molar-refractivity contribution in [3.63, 3.8) is 0 Å². The van der Waals surface area contributed by atoms with Crippen molar-refractivity contribution in [1.29, 1.82) is 0 Å². The first-order valence-corrected chi connectivity index (χ1v) is 11.5. The third kappa shape index (κ3) is 5.11. The van der Waals surface area contributed by atoms with E-state index < -0.39 is 9.84 Å². The van der Waals surface area contributed by atoms with Crippen molar-refractivity contribution in [1.82, 2.24) is 5.32 Å². The van der Waals surface area contributed by atoms with Crippen LogP contribution in [0, 0.1) is 0 Å². The lowest BCUT2D eigenvalue weighted by Crippen LogP contribution is -2.29. The fourth-order valence-electron chi connectivity index (χ4n) is 3.91. The van der Waals surface area contributed by atoms with E-state index in [2.05, 4.69) is 24.4 Å². The van der Waals surface area contributed by atoms with Crippen LogP contribution in [0.2, 0.25) is 0 Å². The smallest absolute Gasteiger partial charge is 0.175 e. The van der Waals surface area contributed by atoms with Crippen LogP contribution in [0.3, 0.4) is 0 Å². The topological polar surface area (TPSA) is 55.4 Å². The van der Waals surface area contributed by atoms with E-state index in [0.717, 1.165) is 25.0 Å². The van der Waals surface area contributed by atoms with Crippen molar-refractivity contribution in [3.8, 4) is 5.75 Å². The number of hydrogen-bond donors (Lipinski definition) is 1. The average molecular weight is 388 g/mol. The second-order valence-electron chi connectivity index (χ2n) is 7.44. The van der Waals surface area contributed by atoms with E-state index in [9.17, 15) is 8.42 Å². The average Bonchev–Trinajstić information content (AvgIpc) is 3.10. The van der Waals surface area contributed by atoms with Crippen LogP contribution in [-0.4, -0.2) is 27.3 Å². The lowest BCUT2D eigenvalue weighted by molar-refractivity contribution is 0.339. The van der Waals surface area contributed by atoms with Crippen molar-refractivity contribution >= 4 is 9.84 Å². The molecule has 1 unspecified atom stereocenters. The van der Waals surface area contributed by atoms with Crippen LogP contribution in [0.5, 0.6) is 5.75 Å². The zero-order valence-corrected chi connectivity index (χ0v) is 17.1. The zero-order chi connectivity index (χ0) is 19.4. The molecule has 5 heteroatoms. The van der Waals surface area contributed by atoms with E-state index in [4.69, 9.17) is 4.74 Å². The number of nitrogens with one attached hydrogen (secondary N) is 1. The van der Waals surface area contributed by atoms with Crippen LogP contribution in [0.25, 0.3) is 0 Å². The SMILES string of the molecule is CCOc1cccc([C@@H](C)NC2CC[C@H](c3ccc(S(C)(=O)=O)cc3)C2)c1. The number of ether oxygens (including phenoxy) is 1. The lowest BCUT2D eigenvalue weighted by atomic mass is 9.97. The van der Waals surface area contributed by atoms with Crippen molar-refractivity contribution in [3.05, 3.63) is 59.7 Å². The van der Waals surface area contributed by atoms with Crippen molar-refractivity contribution in [2.75, 3.05) is 12.9 Å². The van der Waals surface area contributed by atoms with Gasteiger partial charge in [0.25, 0.3) is 0 Å². The van der Waals surface area contributed by atoms with Gasteiger partial charge in [0.1, 0.15) is 5.75 Å². The highest BCUT2D eigenvalue weighted by atomic mass is 32.2. The molecule has 1 fully saturated rings. The van der Waals surface area contributed by atoms with Gasteiger partial charge in [0.15, 0.2) is 9.84 Å². The van der Waals surface area contributed by atoms with E-state index in [1.807, 2.05) is 31.2 Å². The molecule has 0 saturated heterocycles. The van der Waals surface area contributed by atoms with Crippen molar-refractivity contribution in [2.45, 2.75) is 56.0 Å². The minimum atomic E-state index is -3.13. The molecule has 0 spiro atoms. The monoisotopic (exact) mass is 387 g/mol. The third-order valence-electron chi connectivity index (χ3n) is 5.37. The number of hydrogen-bond acceptors (Lipinski definition) is 4. The fraction of sp³-hybridized carbons (Fsp3) is 0.455. The molecule has 1 aliphatic rings. The molecule has 4 nitrogen and oxygen atoms in total. The van der Waals surface area contributed by atoms with Crippen molar-refractivity contribution < 1.29 is 13.2 Å². The molecule has 0 aliphatic heterocycles. The molecular weight excluding hydrogens is 358 g/mol. The van der Waals surface area contributed by atoms with Gasteiger partial charge in [-0.1, -0.05) is 24.3 Å². The Labute approximate surface area is 162 Å². The summed E-state index contributed by atoms with van der Waals surface area (Å²) < 4.78 is 28.8. The summed E-state index contributed by atoms with van der Waals surface area (Å²) in [6.07, 6.45) is 4.59. The molecule has 1 N–H and O–H groups in total. The third-order valence-corrected chi connectivity index (χ3v) is 6.50. The molecule has 27 heavy (non-hydrogen) atoms. The Morgan fingerprint density at radius 3 is 2.56 bits per heavy atom. The Kier molecular flexibility index (Phi) is 6.22. The van der Waals surface area contributed by atoms with E-state index in [0.29, 0.717) is 23.5 Å². The lowest BCUT2D eigenvalue weighted by Gasteiger charge is -2.21. The van der Waals surface area contributed by atoms with Gasteiger partial charge in [-0.25, -0.2) is 8.42 Å². The molecule has 2 aromatic rings. The molecular formula is C22H29NO3S. The Morgan fingerprint density at radius 2 is 1.89 bits per heavy atom. The first-order valence-electron chi connectivity index (χ1n) is 9.65. The number of sulfone groups is 1. The Balaban J connectivity index is 1.60. The van der Waals surface area contributed by atoms with E-state index in [-0.39, 0.29) is 6.04 Å². The highest BCUT2D eigenvalue weighted by Crippen LogP contribution is 2.36. The first-order chi connectivity index (χ1) is 12.9. The second-order valence-corrected chi connectivity index (χ2v) is 9.46. The molecule has 3 atom stereocenters. The summed E-state index contributed by atoms with van der Waals surface area (Å²) in [7, 11) is -3.13. The van der Waals surface area contributed by atoms with Gasteiger partial charge >= 0.3 is 0 Å². The molecule has 1 saturated carbocycles. The second kappa shape index (κ2) is 8.44. The number of rotatable bonds is 7. The summed E-state index contributed by atoms with van der Waals surface area (Å²) >= 11 is 0. The molecule has 2 aromatic carbocycles. The Morgan fingerprint density at radius 1 is 1.15 bits per heavy atom. The summed E-state index contributed by atoms with van der Waals surface area (Å²) in [5, 5.41) is 3.75. The predicted octanol–water partition coefficient (Wildman–Crippen LogP) is 4.48. The van der Waals surface area contributed by atoms with Crippen LogP contribution in [0.1, 0.15) is 56.2 Å². The van der Waals surface area contributed by atoms with E-state index in [1.165, 1.54) is 17.4 Å². The summed E-state index contributed by atoms with van der Waals surface area (Å²) in [6, 6.07) is 16.4. The van der Waals surface area contributed by atoms with Gasteiger partial charge in [0.2, 0.25) is 0 Å². The largest absolute Gasteiger partial charge is 0.494 e. The molecule has 0 amide bonds. The molecule has 0 bridgehead atoms.